The molecule has 0 aliphatic carbocycles. The van der Waals surface area contributed by atoms with E-state index < -0.39 is 0 Å². The fourth-order valence-corrected chi connectivity index (χ4v) is 3.82. The maximum atomic E-state index is 12.8. The Morgan fingerprint density at radius 1 is 1.22 bits per heavy atom. The third-order valence-electron chi connectivity index (χ3n) is 4.13. The van der Waals surface area contributed by atoms with Crippen molar-refractivity contribution in [2.45, 2.75) is 20.3 Å². The molecule has 7 heteroatoms. The molecule has 2 aromatic heterocycles. The minimum absolute atomic E-state index is 0.288. The fourth-order valence-electron chi connectivity index (χ4n) is 2.82. The molecule has 1 amide bonds. The number of ether oxygens (including phenoxy) is 2. The minimum Gasteiger partial charge on any atom is -0.497 e. The number of pyridine rings is 1. The summed E-state index contributed by atoms with van der Waals surface area (Å²) in [5.41, 5.74) is 8.22. The highest BCUT2D eigenvalue weighted by Gasteiger charge is 2.19. The number of benzene rings is 1. The predicted octanol–water partition coefficient (Wildman–Crippen LogP) is 4.35. The van der Waals surface area contributed by atoms with Crippen LogP contribution in [0, 0.1) is 5.92 Å². The molecule has 27 heavy (non-hydrogen) atoms. The maximum absolute atomic E-state index is 12.8. The Labute approximate surface area is 162 Å². The van der Waals surface area contributed by atoms with Crippen LogP contribution in [-0.2, 0) is 6.42 Å². The highest BCUT2D eigenvalue weighted by Crippen LogP contribution is 2.35. The number of aromatic nitrogens is 1. The van der Waals surface area contributed by atoms with Crippen molar-refractivity contribution in [1.29, 1.82) is 0 Å². The van der Waals surface area contributed by atoms with E-state index in [1.165, 1.54) is 11.3 Å². The van der Waals surface area contributed by atoms with Crippen molar-refractivity contribution in [2.75, 3.05) is 25.3 Å². The molecule has 0 saturated carbocycles. The summed E-state index contributed by atoms with van der Waals surface area (Å²) in [6.07, 6.45) is 0.887. The number of nitrogens with one attached hydrogen (secondary N) is 1. The Morgan fingerprint density at radius 3 is 2.67 bits per heavy atom. The first-order valence-electron chi connectivity index (χ1n) is 8.64. The standard InChI is InChI=1S/C20H23N3O3S/c1-11(2)9-12-5-7-14-17(21)18(27-20(14)22-12)19(24)23-15-8-6-13(25-3)10-16(15)26-4/h5-8,10-11H,9,21H2,1-4H3,(H,23,24). The number of hydrogen-bond acceptors (Lipinski definition) is 6. The molecule has 0 fully saturated rings. The van der Waals surface area contributed by atoms with Gasteiger partial charge in [0.2, 0.25) is 0 Å². The number of nitrogens with zero attached hydrogens (tertiary/aromatic N) is 1. The lowest BCUT2D eigenvalue weighted by Crippen LogP contribution is -2.12. The molecule has 0 aliphatic heterocycles. The van der Waals surface area contributed by atoms with E-state index in [4.69, 9.17) is 15.2 Å². The number of carbonyl (C=O) groups is 1. The molecule has 3 aromatic rings. The van der Waals surface area contributed by atoms with E-state index in [-0.39, 0.29) is 5.91 Å². The van der Waals surface area contributed by atoms with Crippen LogP contribution in [0.1, 0.15) is 29.2 Å². The molecule has 0 spiro atoms. The van der Waals surface area contributed by atoms with Crippen LogP contribution >= 0.6 is 11.3 Å². The number of methoxy groups -OCH3 is 2. The fraction of sp³-hybridized carbons (Fsp3) is 0.300. The van der Waals surface area contributed by atoms with Gasteiger partial charge in [-0.1, -0.05) is 13.8 Å². The number of rotatable bonds is 6. The Kier molecular flexibility index (Phi) is 5.51. The molecule has 2 heterocycles. The first-order chi connectivity index (χ1) is 12.9. The molecule has 0 saturated heterocycles. The van der Waals surface area contributed by atoms with Crippen LogP contribution < -0.4 is 20.5 Å². The van der Waals surface area contributed by atoms with E-state index in [0.29, 0.717) is 33.7 Å². The zero-order valence-corrected chi connectivity index (χ0v) is 16.6. The van der Waals surface area contributed by atoms with Gasteiger partial charge < -0.3 is 20.5 Å². The van der Waals surface area contributed by atoms with Gasteiger partial charge in [-0.15, -0.1) is 11.3 Å². The summed E-state index contributed by atoms with van der Waals surface area (Å²) in [5.74, 6) is 1.38. The third kappa shape index (κ3) is 3.98. The van der Waals surface area contributed by atoms with Crippen molar-refractivity contribution < 1.29 is 14.3 Å². The number of hydrogen-bond donors (Lipinski definition) is 2. The van der Waals surface area contributed by atoms with Crippen LogP contribution in [0.5, 0.6) is 11.5 Å². The summed E-state index contributed by atoms with van der Waals surface area (Å²) in [6, 6.07) is 9.12. The largest absolute Gasteiger partial charge is 0.497 e. The van der Waals surface area contributed by atoms with Crippen molar-refractivity contribution >= 4 is 38.8 Å². The first-order valence-corrected chi connectivity index (χ1v) is 9.45. The van der Waals surface area contributed by atoms with E-state index in [1.54, 1.807) is 32.4 Å². The number of nitrogens with two attached hydrogens (primary N) is 1. The van der Waals surface area contributed by atoms with Gasteiger partial charge >= 0.3 is 0 Å². The Balaban J connectivity index is 1.90. The van der Waals surface area contributed by atoms with Gasteiger partial charge in [-0.05, 0) is 36.6 Å². The van der Waals surface area contributed by atoms with Gasteiger partial charge in [0.25, 0.3) is 5.91 Å². The van der Waals surface area contributed by atoms with Crippen molar-refractivity contribution in [3.63, 3.8) is 0 Å². The van der Waals surface area contributed by atoms with E-state index in [2.05, 4.69) is 24.1 Å². The second-order valence-corrected chi connectivity index (χ2v) is 7.62. The molecule has 6 nitrogen and oxygen atoms in total. The average molecular weight is 385 g/mol. The van der Waals surface area contributed by atoms with Crippen molar-refractivity contribution in [3.05, 3.63) is 40.9 Å². The maximum Gasteiger partial charge on any atom is 0.268 e. The van der Waals surface area contributed by atoms with Crippen LogP contribution in [0.3, 0.4) is 0 Å². The molecular weight excluding hydrogens is 362 g/mol. The van der Waals surface area contributed by atoms with Crippen LogP contribution in [-0.4, -0.2) is 25.1 Å². The third-order valence-corrected chi connectivity index (χ3v) is 5.25. The molecule has 142 valence electrons. The van der Waals surface area contributed by atoms with E-state index in [1.807, 2.05) is 12.1 Å². The Morgan fingerprint density at radius 2 is 2.00 bits per heavy atom. The summed E-state index contributed by atoms with van der Waals surface area (Å²) in [4.78, 5) is 18.7. The van der Waals surface area contributed by atoms with E-state index >= 15 is 0 Å². The van der Waals surface area contributed by atoms with Crippen molar-refractivity contribution in [3.8, 4) is 11.5 Å². The van der Waals surface area contributed by atoms with Gasteiger partial charge in [0, 0.05) is 17.1 Å². The summed E-state index contributed by atoms with van der Waals surface area (Å²) in [7, 11) is 3.11. The average Bonchev–Trinajstić information content (AvgIpc) is 2.97. The summed E-state index contributed by atoms with van der Waals surface area (Å²) >= 11 is 1.30. The lowest BCUT2D eigenvalue weighted by Gasteiger charge is -2.11. The van der Waals surface area contributed by atoms with Gasteiger partial charge in [-0.3, -0.25) is 4.79 Å². The highest BCUT2D eigenvalue weighted by atomic mass is 32.1. The quantitative estimate of drug-likeness (QED) is 0.659. The Hall–Kier alpha value is -2.80. The van der Waals surface area contributed by atoms with Crippen molar-refractivity contribution in [2.24, 2.45) is 5.92 Å². The monoisotopic (exact) mass is 385 g/mol. The van der Waals surface area contributed by atoms with Gasteiger partial charge in [-0.2, -0.15) is 0 Å². The molecule has 1 aromatic carbocycles. The Bertz CT molecular complexity index is 982. The SMILES string of the molecule is COc1ccc(NC(=O)c2sc3nc(CC(C)C)ccc3c2N)c(OC)c1. The molecule has 3 N–H and O–H groups in total. The van der Waals surface area contributed by atoms with Gasteiger partial charge in [0.05, 0.1) is 25.6 Å². The van der Waals surface area contributed by atoms with Crippen LogP contribution in [0.4, 0.5) is 11.4 Å². The molecule has 0 radical (unpaired) electrons. The van der Waals surface area contributed by atoms with Crippen LogP contribution in [0.2, 0.25) is 0 Å². The lowest BCUT2D eigenvalue weighted by atomic mass is 10.1. The zero-order chi connectivity index (χ0) is 19.6. The van der Waals surface area contributed by atoms with Crippen LogP contribution in [0.15, 0.2) is 30.3 Å². The summed E-state index contributed by atoms with van der Waals surface area (Å²) < 4.78 is 10.5. The minimum atomic E-state index is -0.288. The number of thiophene rings is 1. The van der Waals surface area contributed by atoms with Crippen LogP contribution in [0.25, 0.3) is 10.2 Å². The van der Waals surface area contributed by atoms with E-state index in [9.17, 15) is 4.79 Å². The van der Waals surface area contributed by atoms with Gasteiger partial charge in [0.1, 0.15) is 21.2 Å². The molecule has 0 atom stereocenters. The lowest BCUT2D eigenvalue weighted by molar-refractivity contribution is 0.103. The smallest absolute Gasteiger partial charge is 0.268 e. The molecular formula is C20H23N3O3S. The first kappa shape index (κ1) is 19.0. The predicted molar refractivity (Wildman–Crippen MR) is 110 cm³/mol. The molecule has 0 bridgehead atoms. The number of anilines is 2. The molecule has 0 unspecified atom stereocenters. The normalized spacial score (nSPS) is 11.0. The molecule has 0 aliphatic rings. The number of fused-ring (bicyclic) bond motifs is 1. The molecule has 3 rings (SSSR count). The number of carbonyl (C=O) groups excluding carboxylic acids is 1. The second kappa shape index (κ2) is 7.84. The van der Waals surface area contributed by atoms with E-state index in [0.717, 1.165) is 22.3 Å². The van der Waals surface area contributed by atoms with Gasteiger partial charge in [0.15, 0.2) is 0 Å². The second-order valence-electron chi connectivity index (χ2n) is 6.62. The van der Waals surface area contributed by atoms with Crippen molar-refractivity contribution in [1.82, 2.24) is 4.98 Å². The number of amides is 1. The van der Waals surface area contributed by atoms with Gasteiger partial charge in [-0.25, -0.2) is 4.98 Å². The number of nitrogen functional groups attached to an aromatic ring is 1. The zero-order valence-electron chi connectivity index (χ0n) is 15.8. The summed E-state index contributed by atoms with van der Waals surface area (Å²) in [6.45, 7) is 4.30. The summed E-state index contributed by atoms with van der Waals surface area (Å²) in [5, 5.41) is 3.67. The highest BCUT2D eigenvalue weighted by molar-refractivity contribution is 7.21. The topological polar surface area (TPSA) is 86.5 Å².